The number of hydrogen-bond acceptors (Lipinski definition) is 5. The van der Waals surface area contributed by atoms with E-state index < -0.39 is 6.09 Å². The lowest BCUT2D eigenvalue weighted by molar-refractivity contribution is 0.0454. The van der Waals surface area contributed by atoms with E-state index >= 15 is 0 Å². The summed E-state index contributed by atoms with van der Waals surface area (Å²) in [4.78, 5) is 30.8. The van der Waals surface area contributed by atoms with Gasteiger partial charge in [-0.3, -0.25) is 5.32 Å². The molecule has 1 aromatic carbocycles. The standard InChI is InChI=1S/C21H29N3O4/c1-14(2)7-6-10-21(3,4)11-12-28-18(25)15-8-9-16-17(13-15)23-19(22-16)24-20(26)27-5/h7-9,13H,6,10-12H2,1-5H3,(H2,22,23,24,26). The zero-order valence-corrected chi connectivity index (χ0v) is 17.2. The Labute approximate surface area is 165 Å². The lowest BCUT2D eigenvalue weighted by Crippen LogP contribution is -2.16. The van der Waals surface area contributed by atoms with Crippen LogP contribution in [0.1, 0.15) is 57.3 Å². The molecule has 0 spiro atoms. The van der Waals surface area contributed by atoms with E-state index in [2.05, 4.69) is 53.8 Å². The third kappa shape index (κ3) is 6.40. The molecule has 0 fully saturated rings. The van der Waals surface area contributed by atoms with Crippen molar-refractivity contribution >= 4 is 29.0 Å². The first-order chi connectivity index (χ1) is 13.2. The van der Waals surface area contributed by atoms with Gasteiger partial charge in [0.25, 0.3) is 0 Å². The van der Waals surface area contributed by atoms with Crippen molar-refractivity contribution in [3.05, 3.63) is 35.4 Å². The highest BCUT2D eigenvalue weighted by atomic mass is 16.5. The highest BCUT2D eigenvalue weighted by molar-refractivity contribution is 5.94. The van der Waals surface area contributed by atoms with Crippen molar-refractivity contribution in [3.8, 4) is 0 Å². The van der Waals surface area contributed by atoms with Crippen molar-refractivity contribution in [1.82, 2.24) is 9.97 Å². The second kappa shape index (κ2) is 9.39. The number of fused-ring (bicyclic) bond motifs is 1. The van der Waals surface area contributed by atoms with E-state index in [1.54, 1.807) is 18.2 Å². The highest BCUT2D eigenvalue weighted by Gasteiger charge is 2.18. The number of amides is 1. The fraction of sp³-hybridized carbons (Fsp3) is 0.476. The SMILES string of the molecule is COC(=O)Nc1nc2ccc(C(=O)OCCC(C)(C)CCC=C(C)C)cc2[nH]1. The number of anilines is 1. The molecule has 7 nitrogen and oxygen atoms in total. The Balaban J connectivity index is 1.92. The minimum absolute atomic E-state index is 0.105. The molecule has 0 saturated carbocycles. The summed E-state index contributed by atoms with van der Waals surface area (Å²) in [6.07, 6.45) is 4.49. The molecule has 2 N–H and O–H groups in total. The van der Waals surface area contributed by atoms with Gasteiger partial charge in [-0.15, -0.1) is 0 Å². The Kier molecular flexibility index (Phi) is 7.20. The number of rotatable bonds is 8. The molecule has 0 atom stereocenters. The average molecular weight is 387 g/mol. The molecule has 1 heterocycles. The summed E-state index contributed by atoms with van der Waals surface area (Å²) < 4.78 is 9.98. The molecule has 0 saturated heterocycles. The summed E-state index contributed by atoms with van der Waals surface area (Å²) in [5.74, 6) is -0.121. The van der Waals surface area contributed by atoms with Gasteiger partial charge >= 0.3 is 12.1 Å². The molecule has 0 aliphatic rings. The van der Waals surface area contributed by atoms with Crippen molar-refractivity contribution in [2.24, 2.45) is 5.41 Å². The summed E-state index contributed by atoms with van der Waals surface area (Å²) in [6.45, 7) is 8.94. The second-order valence-electron chi connectivity index (χ2n) is 7.80. The molecule has 0 aliphatic carbocycles. The molecule has 7 heteroatoms. The minimum Gasteiger partial charge on any atom is -0.462 e. The van der Waals surface area contributed by atoms with Crippen molar-refractivity contribution in [2.45, 2.75) is 47.0 Å². The van der Waals surface area contributed by atoms with Crippen molar-refractivity contribution in [2.75, 3.05) is 19.0 Å². The molecule has 0 aliphatic heterocycles. The summed E-state index contributed by atoms with van der Waals surface area (Å²) in [7, 11) is 1.27. The van der Waals surface area contributed by atoms with Crippen LogP contribution >= 0.6 is 0 Å². The molecule has 1 amide bonds. The Morgan fingerprint density at radius 2 is 2.00 bits per heavy atom. The molecule has 2 aromatic rings. The van der Waals surface area contributed by atoms with E-state index in [1.807, 2.05) is 0 Å². The maximum absolute atomic E-state index is 12.4. The van der Waals surface area contributed by atoms with Crippen LogP contribution < -0.4 is 5.32 Å². The van der Waals surface area contributed by atoms with Gasteiger partial charge in [0.05, 0.1) is 30.3 Å². The van der Waals surface area contributed by atoms with E-state index in [9.17, 15) is 9.59 Å². The Morgan fingerprint density at radius 1 is 1.25 bits per heavy atom. The van der Waals surface area contributed by atoms with E-state index in [1.165, 1.54) is 12.7 Å². The number of benzene rings is 1. The predicted molar refractivity (Wildman–Crippen MR) is 109 cm³/mol. The number of carbonyl (C=O) groups excluding carboxylic acids is 2. The largest absolute Gasteiger partial charge is 0.462 e. The number of aromatic nitrogens is 2. The highest BCUT2D eigenvalue weighted by Crippen LogP contribution is 2.27. The van der Waals surface area contributed by atoms with E-state index in [0.29, 0.717) is 23.2 Å². The number of H-pyrrole nitrogens is 1. The zero-order valence-electron chi connectivity index (χ0n) is 17.2. The Morgan fingerprint density at radius 3 is 2.68 bits per heavy atom. The van der Waals surface area contributed by atoms with Crippen LogP contribution in [0.3, 0.4) is 0 Å². The Bertz CT molecular complexity index is 864. The monoisotopic (exact) mass is 387 g/mol. The number of hydrogen-bond donors (Lipinski definition) is 2. The lowest BCUT2D eigenvalue weighted by atomic mass is 9.84. The van der Waals surface area contributed by atoms with E-state index in [4.69, 9.17) is 4.74 Å². The third-order valence-corrected chi connectivity index (χ3v) is 4.51. The van der Waals surface area contributed by atoms with Crippen LogP contribution in [0.2, 0.25) is 0 Å². The summed E-state index contributed by atoms with van der Waals surface area (Å²) in [6, 6.07) is 5.02. The van der Waals surface area contributed by atoms with Crippen LogP contribution in [0, 0.1) is 5.41 Å². The number of imidazole rings is 1. The maximum Gasteiger partial charge on any atom is 0.413 e. The molecule has 2 rings (SSSR count). The van der Waals surface area contributed by atoms with Crippen LogP contribution in [0.4, 0.5) is 10.7 Å². The normalized spacial score (nSPS) is 11.2. The molecule has 0 unspecified atom stereocenters. The number of allylic oxidation sites excluding steroid dienone is 2. The number of nitrogens with one attached hydrogen (secondary N) is 2. The first-order valence-electron chi connectivity index (χ1n) is 9.35. The number of aromatic amines is 1. The van der Waals surface area contributed by atoms with Gasteiger partial charge in [0, 0.05) is 0 Å². The molecular weight excluding hydrogens is 358 g/mol. The van der Waals surface area contributed by atoms with E-state index in [-0.39, 0.29) is 17.3 Å². The number of nitrogens with zero attached hydrogens (tertiary/aromatic N) is 1. The summed E-state index contributed by atoms with van der Waals surface area (Å²) >= 11 is 0. The van der Waals surface area contributed by atoms with Crippen LogP contribution in [-0.2, 0) is 9.47 Å². The number of carbonyl (C=O) groups is 2. The first kappa shape index (κ1) is 21.5. The number of methoxy groups -OCH3 is 1. The third-order valence-electron chi connectivity index (χ3n) is 4.51. The van der Waals surface area contributed by atoms with Gasteiger partial charge in [0.2, 0.25) is 5.95 Å². The zero-order chi connectivity index (χ0) is 20.7. The molecular formula is C21H29N3O4. The van der Waals surface area contributed by atoms with Gasteiger partial charge in [-0.2, -0.15) is 0 Å². The number of esters is 1. The average Bonchev–Trinajstić information content (AvgIpc) is 3.01. The Hall–Kier alpha value is -2.83. The molecule has 152 valence electrons. The van der Waals surface area contributed by atoms with Gasteiger partial charge in [0.1, 0.15) is 0 Å². The van der Waals surface area contributed by atoms with Crippen LogP contribution in [0.25, 0.3) is 11.0 Å². The second-order valence-corrected chi connectivity index (χ2v) is 7.80. The van der Waals surface area contributed by atoms with Gasteiger partial charge in [0.15, 0.2) is 0 Å². The van der Waals surface area contributed by atoms with Crippen LogP contribution in [0.5, 0.6) is 0 Å². The molecule has 0 bridgehead atoms. The fourth-order valence-electron chi connectivity index (χ4n) is 2.72. The smallest absolute Gasteiger partial charge is 0.413 e. The number of ether oxygens (including phenoxy) is 2. The lowest BCUT2D eigenvalue weighted by Gasteiger charge is -2.23. The molecule has 28 heavy (non-hydrogen) atoms. The summed E-state index contributed by atoms with van der Waals surface area (Å²) in [5.41, 5.74) is 3.12. The molecule has 0 radical (unpaired) electrons. The van der Waals surface area contributed by atoms with Gasteiger partial charge < -0.3 is 14.5 Å². The van der Waals surface area contributed by atoms with Gasteiger partial charge in [-0.25, -0.2) is 14.6 Å². The topological polar surface area (TPSA) is 93.3 Å². The molecule has 1 aromatic heterocycles. The predicted octanol–water partition coefficient (Wildman–Crippen LogP) is 5.06. The van der Waals surface area contributed by atoms with Gasteiger partial charge in [-0.1, -0.05) is 25.5 Å². The minimum atomic E-state index is -0.620. The quantitative estimate of drug-likeness (QED) is 0.488. The van der Waals surface area contributed by atoms with Crippen LogP contribution in [0.15, 0.2) is 29.8 Å². The van der Waals surface area contributed by atoms with Crippen molar-refractivity contribution in [1.29, 1.82) is 0 Å². The van der Waals surface area contributed by atoms with Gasteiger partial charge in [-0.05, 0) is 56.7 Å². The first-order valence-corrected chi connectivity index (χ1v) is 9.35. The maximum atomic E-state index is 12.4. The van der Waals surface area contributed by atoms with Crippen molar-refractivity contribution in [3.63, 3.8) is 0 Å². The van der Waals surface area contributed by atoms with E-state index in [0.717, 1.165) is 19.3 Å². The van der Waals surface area contributed by atoms with Crippen LogP contribution in [-0.4, -0.2) is 35.7 Å². The fourth-order valence-corrected chi connectivity index (χ4v) is 2.72. The van der Waals surface area contributed by atoms with Crippen molar-refractivity contribution < 1.29 is 19.1 Å². The summed E-state index contributed by atoms with van der Waals surface area (Å²) in [5, 5.41) is 2.46.